The van der Waals surface area contributed by atoms with E-state index in [0.717, 1.165) is 44.6 Å². The number of carbonyl (C=O) groups excluding carboxylic acids is 1. The topological polar surface area (TPSA) is 62.5 Å². The first-order valence-electron chi connectivity index (χ1n) is 10.0. The number of amides is 1. The fourth-order valence-electron chi connectivity index (χ4n) is 4.37. The van der Waals surface area contributed by atoms with E-state index in [4.69, 9.17) is 5.73 Å². The molecule has 2 N–H and O–H groups in total. The Bertz CT molecular complexity index is 841. The number of nitrogen functional groups attached to an aromatic ring is 1. The molecular formula is C23H28N4O. The van der Waals surface area contributed by atoms with Gasteiger partial charge in [-0.2, -0.15) is 0 Å². The molecule has 2 fully saturated rings. The summed E-state index contributed by atoms with van der Waals surface area (Å²) in [6, 6.07) is 14.2. The molecular weight excluding hydrogens is 348 g/mol. The first-order valence-corrected chi connectivity index (χ1v) is 10.0. The third-order valence-corrected chi connectivity index (χ3v) is 6.08. The first-order chi connectivity index (χ1) is 13.6. The molecule has 5 heteroatoms. The lowest BCUT2D eigenvalue weighted by atomic mass is 9.77. The summed E-state index contributed by atoms with van der Waals surface area (Å²) in [6.45, 7) is 4.44. The van der Waals surface area contributed by atoms with Gasteiger partial charge in [0.2, 0.25) is 5.91 Å². The highest BCUT2D eigenvalue weighted by Crippen LogP contribution is 2.41. The zero-order chi connectivity index (χ0) is 19.4. The van der Waals surface area contributed by atoms with Crippen LogP contribution in [0.4, 0.5) is 5.82 Å². The minimum absolute atomic E-state index is 0.147. The molecule has 0 bridgehead atoms. The van der Waals surface area contributed by atoms with Crippen molar-refractivity contribution in [2.24, 2.45) is 5.41 Å². The average Bonchev–Trinajstić information content (AvgIpc) is 3.01. The highest BCUT2D eigenvalue weighted by molar-refractivity contribution is 5.79. The number of benzene rings is 1. The SMILES string of the molecule is Nc1ncccc1CN1CCC2(CC1)CC(=O)N(C/C=C/c1ccccc1)C2. The number of piperidine rings is 1. The highest BCUT2D eigenvalue weighted by Gasteiger charge is 2.44. The molecule has 0 atom stereocenters. The molecule has 5 nitrogen and oxygen atoms in total. The molecule has 2 aromatic rings. The number of aromatic nitrogens is 1. The maximum absolute atomic E-state index is 12.6. The van der Waals surface area contributed by atoms with Crippen LogP contribution < -0.4 is 5.73 Å². The summed E-state index contributed by atoms with van der Waals surface area (Å²) in [5.41, 5.74) is 8.39. The van der Waals surface area contributed by atoms with Gasteiger partial charge in [0.05, 0.1) is 0 Å². The molecule has 0 saturated carbocycles. The van der Waals surface area contributed by atoms with Gasteiger partial charge in [-0.25, -0.2) is 4.98 Å². The fraction of sp³-hybridized carbons (Fsp3) is 0.391. The van der Waals surface area contributed by atoms with Crippen molar-refractivity contribution >= 4 is 17.8 Å². The van der Waals surface area contributed by atoms with Crippen molar-refractivity contribution in [3.8, 4) is 0 Å². The standard InChI is InChI=1S/C23H28N4O/c24-22-20(9-4-12-25-22)17-26-14-10-23(11-15-26)16-21(28)27(18-23)13-5-8-19-6-2-1-3-7-19/h1-9,12H,10-11,13-18H2,(H2,24,25)/b8-5+. The smallest absolute Gasteiger partial charge is 0.223 e. The van der Waals surface area contributed by atoms with Gasteiger partial charge >= 0.3 is 0 Å². The Hall–Kier alpha value is -2.66. The predicted molar refractivity (Wildman–Crippen MR) is 112 cm³/mol. The molecule has 1 aromatic carbocycles. The van der Waals surface area contributed by atoms with Crippen LogP contribution in [0.15, 0.2) is 54.7 Å². The molecule has 146 valence electrons. The number of nitrogens with two attached hydrogens (primary N) is 1. The summed E-state index contributed by atoms with van der Waals surface area (Å²) in [7, 11) is 0. The fourth-order valence-corrected chi connectivity index (χ4v) is 4.37. The summed E-state index contributed by atoms with van der Waals surface area (Å²) in [5.74, 6) is 0.915. The largest absolute Gasteiger partial charge is 0.383 e. The summed E-state index contributed by atoms with van der Waals surface area (Å²) >= 11 is 0. The lowest BCUT2D eigenvalue weighted by molar-refractivity contribution is -0.127. The number of likely N-dealkylation sites (tertiary alicyclic amines) is 2. The van der Waals surface area contributed by atoms with Crippen molar-refractivity contribution in [1.29, 1.82) is 0 Å². The Labute approximate surface area is 166 Å². The zero-order valence-corrected chi connectivity index (χ0v) is 16.3. The lowest BCUT2D eigenvalue weighted by Gasteiger charge is -2.38. The van der Waals surface area contributed by atoms with Crippen molar-refractivity contribution in [3.05, 3.63) is 65.9 Å². The molecule has 1 amide bonds. The normalized spacial score (nSPS) is 19.7. The summed E-state index contributed by atoms with van der Waals surface area (Å²) < 4.78 is 0. The Morgan fingerprint density at radius 2 is 1.89 bits per heavy atom. The second kappa shape index (κ2) is 8.15. The molecule has 2 aliphatic rings. The van der Waals surface area contributed by atoms with Crippen LogP contribution in [-0.2, 0) is 11.3 Å². The third-order valence-electron chi connectivity index (χ3n) is 6.08. The molecule has 3 heterocycles. The lowest BCUT2D eigenvalue weighted by Crippen LogP contribution is -2.41. The van der Waals surface area contributed by atoms with Crippen LogP contribution >= 0.6 is 0 Å². The van der Waals surface area contributed by atoms with Crippen LogP contribution in [0.5, 0.6) is 0 Å². The van der Waals surface area contributed by atoms with E-state index in [9.17, 15) is 4.79 Å². The molecule has 4 rings (SSSR count). The molecule has 0 unspecified atom stereocenters. The van der Waals surface area contributed by atoms with E-state index >= 15 is 0 Å². The van der Waals surface area contributed by atoms with Crippen molar-refractivity contribution in [2.75, 3.05) is 31.9 Å². The Kier molecular flexibility index (Phi) is 5.44. The molecule has 28 heavy (non-hydrogen) atoms. The molecule has 2 aliphatic heterocycles. The van der Waals surface area contributed by atoms with Crippen molar-refractivity contribution in [2.45, 2.75) is 25.8 Å². The second-order valence-corrected chi connectivity index (χ2v) is 8.09. The van der Waals surface area contributed by atoms with Gasteiger partial charge in [-0.15, -0.1) is 0 Å². The third kappa shape index (κ3) is 4.25. The van der Waals surface area contributed by atoms with Crippen LogP contribution in [0.3, 0.4) is 0 Å². The number of pyridine rings is 1. The van der Waals surface area contributed by atoms with Crippen LogP contribution in [0.1, 0.15) is 30.4 Å². The minimum Gasteiger partial charge on any atom is -0.383 e. The van der Waals surface area contributed by atoms with E-state index in [1.807, 2.05) is 35.2 Å². The number of rotatable bonds is 5. The predicted octanol–water partition coefficient (Wildman–Crippen LogP) is 3.19. The number of hydrogen-bond acceptors (Lipinski definition) is 4. The summed E-state index contributed by atoms with van der Waals surface area (Å²) in [4.78, 5) is 21.2. The van der Waals surface area contributed by atoms with E-state index in [-0.39, 0.29) is 5.41 Å². The van der Waals surface area contributed by atoms with Gasteiger partial charge in [0, 0.05) is 37.8 Å². The second-order valence-electron chi connectivity index (χ2n) is 8.09. The quantitative estimate of drug-likeness (QED) is 0.870. The molecule has 1 spiro atoms. The van der Waals surface area contributed by atoms with Gasteiger partial charge in [-0.3, -0.25) is 9.69 Å². The summed E-state index contributed by atoms with van der Waals surface area (Å²) in [6.07, 6.45) is 8.76. The van der Waals surface area contributed by atoms with Crippen LogP contribution in [-0.4, -0.2) is 46.9 Å². The van der Waals surface area contributed by atoms with Crippen LogP contribution in [0, 0.1) is 5.41 Å². The van der Waals surface area contributed by atoms with Crippen LogP contribution in [0.25, 0.3) is 6.08 Å². The average molecular weight is 377 g/mol. The van der Waals surface area contributed by atoms with E-state index in [2.05, 4.69) is 34.2 Å². The Morgan fingerprint density at radius 3 is 2.64 bits per heavy atom. The molecule has 0 aliphatic carbocycles. The Balaban J connectivity index is 1.30. The number of carbonyl (C=O) groups is 1. The van der Waals surface area contributed by atoms with Crippen molar-refractivity contribution < 1.29 is 4.79 Å². The van der Waals surface area contributed by atoms with E-state index in [1.165, 1.54) is 5.56 Å². The zero-order valence-electron chi connectivity index (χ0n) is 16.3. The molecule has 2 saturated heterocycles. The van der Waals surface area contributed by atoms with Gasteiger partial charge in [0.1, 0.15) is 5.82 Å². The van der Waals surface area contributed by atoms with Gasteiger partial charge in [-0.05, 0) is 43.0 Å². The van der Waals surface area contributed by atoms with Crippen molar-refractivity contribution in [3.63, 3.8) is 0 Å². The van der Waals surface area contributed by atoms with E-state index in [1.54, 1.807) is 6.20 Å². The molecule has 0 radical (unpaired) electrons. The maximum Gasteiger partial charge on any atom is 0.223 e. The van der Waals surface area contributed by atoms with Gasteiger partial charge < -0.3 is 10.6 Å². The van der Waals surface area contributed by atoms with Gasteiger partial charge in [0.25, 0.3) is 0 Å². The first kappa shape index (κ1) is 18.7. The summed E-state index contributed by atoms with van der Waals surface area (Å²) in [5, 5.41) is 0. The van der Waals surface area contributed by atoms with E-state index in [0.29, 0.717) is 24.7 Å². The number of hydrogen-bond donors (Lipinski definition) is 1. The van der Waals surface area contributed by atoms with Gasteiger partial charge in [0.15, 0.2) is 0 Å². The molecule has 1 aromatic heterocycles. The minimum atomic E-state index is 0.147. The van der Waals surface area contributed by atoms with Crippen LogP contribution in [0.2, 0.25) is 0 Å². The number of anilines is 1. The Morgan fingerprint density at radius 1 is 1.11 bits per heavy atom. The van der Waals surface area contributed by atoms with Crippen molar-refractivity contribution in [1.82, 2.24) is 14.8 Å². The van der Waals surface area contributed by atoms with Gasteiger partial charge in [-0.1, -0.05) is 48.6 Å². The monoisotopic (exact) mass is 376 g/mol. The number of nitrogens with zero attached hydrogens (tertiary/aromatic N) is 3. The maximum atomic E-state index is 12.6. The highest BCUT2D eigenvalue weighted by atomic mass is 16.2. The van der Waals surface area contributed by atoms with E-state index < -0.39 is 0 Å².